The number of carbonyl (C=O) groups is 2. The molecule has 0 aliphatic rings. The lowest BCUT2D eigenvalue weighted by Crippen LogP contribution is -2.43. The van der Waals surface area contributed by atoms with Crippen molar-refractivity contribution in [1.29, 1.82) is 0 Å². The molecular formula is C21H16ClF3N4O2S. The van der Waals surface area contributed by atoms with E-state index in [1.165, 1.54) is 31.1 Å². The molecule has 3 amide bonds. The number of hydrogen-bond acceptors (Lipinski definition) is 5. The quantitative estimate of drug-likeness (QED) is 0.457. The van der Waals surface area contributed by atoms with Crippen molar-refractivity contribution in [3.05, 3.63) is 83.1 Å². The van der Waals surface area contributed by atoms with Crippen molar-refractivity contribution in [2.75, 3.05) is 12.5 Å². The van der Waals surface area contributed by atoms with Crippen molar-refractivity contribution in [2.45, 2.75) is 16.0 Å². The zero-order valence-corrected chi connectivity index (χ0v) is 18.1. The largest absolute Gasteiger partial charge is 0.417 e. The molecule has 0 aliphatic carbocycles. The zero-order valence-electron chi connectivity index (χ0n) is 16.5. The Hall–Kier alpha value is -3.24. The van der Waals surface area contributed by atoms with Gasteiger partial charge in [0.1, 0.15) is 5.69 Å². The van der Waals surface area contributed by atoms with Gasteiger partial charge in [-0.15, -0.1) is 0 Å². The van der Waals surface area contributed by atoms with E-state index in [4.69, 9.17) is 11.6 Å². The number of imide groups is 1. The van der Waals surface area contributed by atoms with Gasteiger partial charge in [-0.25, -0.2) is 4.79 Å². The van der Waals surface area contributed by atoms with Gasteiger partial charge in [-0.3, -0.25) is 25.5 Å². The first kappa shape index (κ1) is 23.4. The second-order valence-electron chi connectivity index (χ2n) is 6.40. The number of hydrogen-bond donors (Lipinski definition) is 2. The number of nitrogens with one attached hydrogen (secondary N) is 2. The lowest BCUT2D eigenvalue weighted by molar-refractivity contribution is -0.137. The van der Waals surface area contributed by atoms with Crippen molar-refractivity contribution in [3.8, 4) is 0 Å². The van der Waals surface area contributed by atoms with Gasteiger partial charge in [-0.1, -0.05) is 41.6 Å². The first-order chi connectivity index (χ1) is 15.1. The third-order valence-corrected chi connectivity index (χ3v) is 5.45. The van der Waals surface area contributed by atoms with Crippen molar-refractivity contribution in [1.82, 2.24) is 15.3 Å². The monoisotopic (exact) mass is 480 g/mol. The van der Waals surface area contributed by atoms with E-state index in [1.54, 1.807) is 12.1 Å². The number of hydrazine groups is 1. The van der Waals surface area contributed by atoms with Gasteiger partial charge in [-0.2, -0.15) is 13.2 Å². The van der Waals surface area contributed by atoms with Crippen LogP contribution in [0, 0.1) is 0 Å². The Balaban J connectivity index is 1.65. The number of benzene rings is 2. The molecular weight excluding hydrogens is 465 g/mol. The van der Waals surface area contributed by atoms with E-state index in [-0.39, 0.29) is 11.4 Å². The Labute approximate surface area is 190 Å². The van der Waals surface area contributed by atoms with Gasteiger partial charge in [0, 0.05) is 23.0 Å². The number of alkyl halides is 3. The lowest BCUT2D eigenvalue weighted by atomic mass is 10.2. The predicted octanol–water partition coefficient (Wildman–Crippen LogP) is 5.71. The maximum absolute atomic E-state index is 13.0. The highest BCUT2D eigenvalue weighted by molar-refractivity contribution is 7.99. The lowest BCUT2D eigenvalue weighted by Gasteiger charge is -2.18. The fraction of sp³-hybridized carbons (Fsp3) is 0.0952. The van der Waals surface area contributed by atoms with Gasteiger partial charge in [0.25, 0.3) is 5.91 Å². The van der Waals surface area contributed by atoms with Crippen molar-refractivity contribution in [2.24, 2.45) is 0 Å². The number of aromatic nitrogens is 1. The van der Waals surface area contributed by atoms with Gasteiger partial charge in [0.05, 0.1) is 16.3 Å². The molecule has 2 N–H and O–H groups in total. The summed E-state index contributed by atoms with van der Waals surface area (Å²) in [5, 5.41) is -0.471. The molecule has 32 heavy (non-hydrogen) atoms. The molecule has 0 radical (unpaired) electrons. The Morgan fingerprint density at radius 3 is 2.44 bits per heavy atom. The summed E-state index contributed by atoms with van der Waals surface area (Å²) in [4.78, 5) is 31.4. The number of amides is 3. The van der Waals surface area contributed by atoms with E-state index in [2.05, 4.69) is 15.8 Å². The first-order valence-corrected chi connectivity index (χ1v) is 10.2. The minimum atomic E-state index is -4.65. The van der Waals surface area contributed by atoms with Crippen LogP contribution in [0.2, 0.25) is 5.02 Å². The Kier molecular flexibility index (Phi) is 7.26. The molecule has 0 aliphatic heterocycles. The number of urea groups is 1. The number of pyridine rings is 1. The molecule has 1 aromatic heterocycles. The van der Waals surface area contributed by atoms with Crippen LogP contribution in [-0.4, -0.2) is 28.9 Å². The molecule has 0 atom stereocenters. The maximum atomic E-state index is 13.0. The van der Waals surface area contributed by atoms with Crippen LogP contribution < -0.4 is 10.9 Å². The fourth-order valence-electron chi connectivity index (χ4n) is 2.51. The Morgan fingerprint density at radius 1 is 1.03 bits per heavy atom. The number of carbonyl (C=O) groups excluding carboxylic acids is 2. The summed E-state index contributed by atoms with van der Waals surface area (Å²) in [6.45, 7) is 0. The second-order valence-corrected chi connectivity index (χ2v) is 7.96. The highest BCUT2D eigenvalue weighted by Gasteiger charge is 2.33. The summed E-state index contributed by atoms with van der Waals surface area (Å²) in [5.41, 5.74) is 3.43. The van der Waals surface area contributed by atoms with Crippen LogP contribution in [-0.2, 0) is 6.18 Å². The molecule has 6 nitrogen and oxygen atoms in total. The molecule has 0 spiro atoms. The molecule has 1 heterocycles. The summed E-state index contributed by atoms with van der Waals surface area (Å²) in [7, 11) is 1.22. The van der Waals surface area contributed by atoms with E-state index in [0.717, 1.165) is 26.8 Å². The predicted molar refractivity (Wildman–Crippen MR) is 116 cm³/mol. The van der Waals surface area contributed by atoms with Gasteiger partial charge in [0.15, 0.2) is 0 Å². The van der Waals surface area contributed by atoms with Crippen LogP contribution >= 0.6 is 23.4 Å². The van der Waals surface area contributed by atoms with Crippen LogP contribution in [0.15, 0.2) is 76.7 Å². The van der Waals surface area contributed by atoms with Crippen molar-refractivity contribution >= 4 is 41.0 Å². The number of nitrogens with zero attached hydrogens (tertiary/aromatic N) is 2. The maximum Gasteiger partial charge on any atom is 0.417 e. The number of anilines is 1. The molecule has 166 valence electrons. The minimum absolute atomic E-state index is 0.0365. The van der Waals surface area contributed by atoms with Gasteiger partial charge < -0.3 is 0 Å². The number of halogens is 4. The SMILES string of the molecule is CN(C(=O)NNc1ccc(Cl)c(C(F)(F)F)c1)C(=O)c1cc(Sc2ccccc2)ccn1. The second kappa shape index (κ2) is 9.92. The van der Waals surface area contributed by atoms with E-state index in [1.807, 2.05) is 30.3 Å². The molecule has 2 aromatic carbocycles. The summed E-state index contributed by atoms with van der Waals surface area (Å²) in [5.74, 6) is -0.688. The molecule has 11 heteroatoms. The summed E-state index contributed by atoms with van der Waals surface area (Å²) in [6, 6.07) is 14.9. The smallest absolute Gasteiger partial charge is 0.297 e. The third kappa shape index (κ3) is 5.92. The molecule has 0 saturated heterocycles. The van der Waals surface area contributed by atoms with Crippen LogP contribution in [0.25, 0.3) is 0 Å². The minimum Gasteiger partial charge on any atom is -0.297 e. The highest BCUT2D eigenvalue weighted by atomic mass is 35.5. The molecule has 0 unspecified atom stereocenters. The number of rotatable bonds is 5. The van der Waals surface area contributed by atoms with Crippen LogP contribution in [0.4, 0.5) is 23.7 Å². The van der Waals surface area contributed by atoms with E-state index < -0.39 is 28.7 Å². The van der Waals surface area contributed by atoms with E-state index in [9.17, 15) is 22.8 Å². The van der Waals surface area contributed by atoms with Crippen molar-refractivity contribution in [3.63, 3.8) is 0 Å². The average molecular weight is 481 g/mol. The molecule has 0 bridgehead atoms. The fourth-order valence-corrected chi connectivity index (χ4v) is 3.60. The van der Waals surface area contributed by atoms with Crippen LogP contribution in [0.5, 0.6) is 0 Å². The van der Waals surface area contributed by atoms with Gasteiger partial charge >= 0.3 is 12.2 Å². The Morgan fingerprint density at radius 2 is 1.75 bits per heavy atom. The van der Waals surface area contributed by atoms with Crippen molar-refractivity contribution < 1.29 is 22.8 Å². The molecule has 0 saturated carbocycles. The normalized spacial score (nSPS) is 11.0. The van der Waals surface area contributed by atoms with E-state index in [0.29, 0.717) is 0 Å². The molecule has 3 rings (SSSR count). The summed E-state index contributed by atoms with van der Waals surface area (Å²) in [6.07, 6.45) is -3.20. The Bertz CT molecular complexity index is 1130. The highest BCUT2D eigenvalue weighted by Crippen LogP contribution is 2.36. The standard InChI is InChI=1S/C21H16ClF3N4O2S/c1-29(20(31)28-27-13-7-8-17(22)16(11-13)21(23,24)25)19(30)18-12-15(9-10-26-18)32-14-5-3-2-4-6-14/h2-12,27H,1H3,(H,28,31). The molecule has 3 aromatic rings. The third-order valence-electron chi connectivity index (χ3n) is 4.12. The average Bonchev–Trinajstić information content (AvgIpc) is 2.77. The van der Waals surface area contributed by atoms with Gasteiger partial charge in [-0.05, 0) is 42.5 Å². The first-order valence-electron chi connectivity index (χ1n) is 9.05. The van der Waals surface area contributed by atoms with Crippen LogP contribution in [0.1, 0.15) is 16.1 Å². The molecule has 0 fully saturated rings. The van der Waals surface area contributed by atoms with Gasteiger partial charge in [0.2, 0.25) is 0 Å². The van der Waals surface area contributed by atoms with E-state index >= 15 is 0 Å². The summed E-state index contributed by atoms with van der Waals surface area (Å²) >= 11 is 7.00. The van der Waals surface area contributed by atoms with Crippen LogP contribution in [0.3, 0.4) is 0 Å². The summed E-state index contributed by atoms with van der Waals surface area (Å²) < 4.78 is 38.9. The topological polar surface area (TPSA) is 74.3 Å². The zero-order chi connectivity index (χ0) is 23.3.